The zero-order valence-corrected chi connectivity index (χ0v) is 19.6. The minimum atomic E-state index is -0.456. The number of nitrogens with zero attached hydrogens (tertiary/aromatic N) is 2. The molecule has 1 aliphatic carbocycles. The molecule has 1 saturated carbocycles. The molecule has 31 heavy (non-hydrogen) atoms. The molecule has 0 spiro atoms. The highest BCUT2D eigenvalue weighted by atomic mass is 32.1. The van der Waals surface area contributed by atoms with E-state index in [1.807, 2.05) is 4.90 Å². The fourth-order valence-corrected chi connectivity index (χ4v) is 5.80. The highest BCUT2D eigenvalue weighted by molar-refractivity contribution is 7.10. The van der Waals surface area contributed by atoms with Crippen LogP contribution in [0.25, 0.3) is 0 Å². The van der Waals surface area contributed by atoms with Crippen LogP contribution in [0, 0.1) is 29.5 Å². The number of thiazole rings is 1. The summed E-state index contributed by atoms with van der Waals surface area (Å²) in [4.78, 5) is 32.0. The van der Waals surface area contributed by atoms with Crippen molar-refractivity contribution in [3.05, 3.63) is 45.7 Å². The second-order valence-corrected chi connectivity index (χ2v) is 10.9. The predicted molar refractivity (Wildman–Crippen MR) is 121 cm³/mol. The molecule has 2 aliphatic rings. The van der Waals surface area contributed by atoms with Gasteiger partial charge in [0.1, 0.15) is 11.5 Å². The third-order valence-electron chi connectivity index (χ3n) is 7.55. The lowest BCUT2D eigenvalue weighted by atomic mass is 9.96. The van der Waals surface area contributed by atoms with E-state index in [2.05, 4.69) is 38.0 Å². The topological polar surface area (TPSA) is 62.3 Å². The molecule has 0 radical (unpaired) electrons. The highest BCUT2D eigenvalue weighted by Crippen LogP contribution is 2.68. The number of hydrogen-bond acceptors (Lipinski definition) is 4. The number of carbonyl (C=O) groups excluding carboxylic acids is 2. The lowest BCUT2D eigenvalue weighted by molar-refractivity contribution is -0.134. The molecule has 4 rings (SSSR count). The standard InChI is InChI=1S/C24H30FN3O2S/c1-14-6-7-17(16(25)12-14)26-20(29)18-13-31-21(27-18)15-8-10-28(11-9-15)22(30)19-23(2,3)24(19,4)5/h6-7,12-13,15,19H,8-11H2,1-5H3,(H,26,29). The van der Waals surface area contributed by atoms with Crippen molar-refractivity contribution >= 4 is 28.8 Å². The summed E-state index contributed by atoms with van der Waals surface area (Å²) in [5, 5.41) is 5.24. The van der Waals surface area contributed by atoms with Crippen molar-refractivity contribution in [2.45, 2.75) is 53.4 Å². The van der Waals surface area contributed by atoms with E-state index in [9.17, 15) is 14.0 Å². The molecule has 7 heteroatoms. The van der Waals surface area contributed by atoms with Gasteiger partial charge in [-0.25, -0.2) is 9.37 Å². The minimum Gasteiger partial charge on any atom is -0.342 e. The molecular formula is C24H30FN3O2S. The lowest BCUT2D eigenvalue weighted by Crippen LogP contribution is -2.39. The highest BCUT2D eigenvalue weighted by Gasteiger charge is 2.68. The van der Waals surface area contributed by atoms with Crippen molar-refractivity contribution in [1.82, 2.24) is 9.88 Å². The summed E-state index contributed by atoms with van der Waals surface area (Å²) in [6.45, 7) is 11.9. The first-order valence-corrected chi connectivity index (χ1v) is 11.7. The average molecular weight is 444 g/mol. The average Bonchev–Trinajstić information content (AvgIpc) is 3.06. The van der Waals surface area contributed by atoms with E-state index in [4.69, 9.17) is 0 Å². The Morgan fingerprint density at radius 2 is 1.81 bits per heavy atom. The molecule has 2 heterocycles. The molecule has 2 fully saturated rings. The summed E-state index contributed by atoms with van der Waals surface area (Å²) >= 11 is 1.46. The van der Waals surface area contributed by atoms with Crippen LogP contribution in [0.3, 0.4) is 0 Å². The maximum absolute atomic E-state index is 14.0. The molecule has 0 unspecified atom stereocenters. The summed E-state index contributed by atoms with van der Waals surface area (Å²) in [5.74, 6) is -0.257. The van der Waals surface area contributed by atoms with Crippen molar-refractivity contribution in [3.8, 4) is 0 Å². The fourth-order valence-electron chi connectivity index (χ4n) is 4.83. The first-order chi connectivity index (χ1) is 14.5. The van der Waals surface area contributed by atoms with Gasteiger partial charge >= 0.3 is 0 Å². The number of hydrogen-bond donors (Lipinski definition) is 1. The van der Waals surface area contributed by atoms with Crippen LogP contribution >= 0.6 is 11.3 Å². The van der Waals surface area contributed by atoms with Gasteiger partial charge in [-0.15, -0.1) is 11.3 Å². The Hall–Kier alpha value is -2.28. The van der Waals surface area contributed by atoms with E-state index in [1.165, 1.54) is 17.4 Å². The quantitative estimate of drug-likeness (QED) is 0.704. The van der Waals surface area contributed by atoms with Gasteiger partial charge in [-0.3, -0.25) is 9.59 Å². The Morgan fingerprint density at radius 1 is 1.16 bits per heavy atom. The number of carbonyl (C=O) groups is 2. The lowest BCUT2D eigenvalue weighted by Gasteiger charge is -2.31. The monoisotopic (exact) mass is 443 g/mol. The molecule has 1 saturated heterocycles. The van der Waals surface area contributed by atoms with Crippen LogP contribution in [0.2, 0.25) is 0 Å². The summed E-state index contributed by atoms with van der Waals surface area (Å²) in [6.07, 6.45) is 1.70. The molecular weight excluding hydrogens is 413 g/mol. The number of aryl methyl sites for hydroxylation is 1. The van der Waals surface area contributed by atoms with Crippen LogP contribution in [0.5, 0.6) is 0 Å². The van der Waals surface area contributed by atoms with Gasteiger partial charge in [-0.05, 0) is 48.3 Å². The maximum Gasteiger partial charge on any atom is 0.275 e. The van der Waals surface area contributed by atoms with E-state index in [1.54, 1.807) is 24.4 Å². The summed E-state index contributed by atoms with van der Waals surface area (Å²) in [6, 6.07) is 4.70. The van der Waals surface area contributed by atoms with Gasteiger partial charge in [0, 0.05) is 30.3 Å². The van der Waals surface area contributed by atoms with E-state index in [-0.39, 0.29) is 34.3 Å². The van der Waals surface area contributed by atoms with Gasteiger partial charge in [-0.2, -0.15) is 0 Å². The van der Waals surface area contributed by atoms with Crippen LogP contribution in [-0.2, 0) is 4.79 Å². The number of halogens is 1. The van der Waals surface area contributed by atoms with Gasteiger partial charge < -0.3 is 10.2 Å². The van der Waals surface area contributed by atoms with E-state index >= 15 is 0 Å². The van der Waals surface area contributed by atoms with Crippen molar-refractivity contribution in [3.63, 3.8) is 0 Å². The van der Waals surface area contributed by atoms with Crippen LogP contribution < -0.4 is 5.32 Å². The smallest absolute Gasteiger partial charge is 0.275 e. The van der Waals surface area contributed by atoms with Crippen molar-refractivity contribution < 1.29 is 14.0 Å². The zero-order valence-electron chi connectivity index (χ0n) is 18.8. The largest absolute Gasteiger partial charge is 0.342 e. The first kappa shape index (κ1) is 21.9. The SMILES string of the molecule is Cc1ccc(NC(=O)c2csc(C3CCN(C(=O)C4C(C)(C)C4(C)C)CC3)n2)c(F)c1. The second kappa shape index (κ2) is 7.69. The Balaban J connectivity index is 1.35. The van der Waals surface area contributed by atoms with Gasteiger partial charge in [0.05, 0.1) is 10.7 Å². The molecule has 1 aromatic heterocycles. The van der Waals surface area contributed by atoms with Gasteiger partial charge in [0.25, 0.3) is 5.91 Å². The Morgan fingerprint density at radius 3 is 2.39 bits per heavy atom. The number of anilines is 1. The number of piperidine rings is 1. The third kappa shape index (κ3) is 3.88. The van der Waals surface area contributed by atoms with E-state index < -0.39 is 11.7 Å². The molecule has 166 valence electrons. The Bertz CT molecular complexity index is 1010. The number of likely N-dealkylation sites (tertiary alicyclic amines) is 1. The fraction of sp³-hybridized carbons (Fsp3) is 0.542. The predicted octanol–water partition coefficient (Wildman–Crippen LogP) is 5.23. The second-order valence-electron chi connectivity index (χ2n) is 9.98. The molecule has 0 atom stereocenters. The van der Waals surface area contributed by atoms with Crippen LogP contribution in [0.1, 0.15) is 67.5 Å². The van der Waals surface area contributed by atoms with E-state index in [0.717, 1.165) is 36.5 Å². The van der Waals surface area contributed by atoms with Crippen molar-refractivity contribution in [1.29, 1.82) is 0 Å². The number of aromatic nitrogens is 1. The Kier molecular flexibility index (Phi) is 5.44. The third-order valence-corrected chi connectivity index (χ3v) is 8.56. The van der Waals surface area contributed by atoms with Crippen molar-refractivity contribution in [2.75, 3.05) is 18.4 Å². The van der Waals surface area contributed by atoms with Crippen LogP contribution in [-0.4, -0.2) is 34.8 Å². The zero-order chi connectivity index (χ0) is 22.6. The van der Waals surface area contributed by atoms with Gasteiger partial charge in [0.2, 0.25) is 5.91 Å². The number of rotatable bonds is 4. The van der Waals surface area contributed by atoms with Crippen LogP contribution in [0.4, 0.5) is 10.1 Å². The summed E-state index contributed by atoms with van der Waals surface area (Å²) in [7, 11) is 0. The molecule has 1 aliphatic heterocycles. The summed E-state index contributed by atoms with van der Waals surface area (Å²) in [5.41, 5.74) is 1.36. The normalized spacial score (nSPS) is 20.5. The molecule has 2 amide bonds. The van der Waals surface area contributed by atoms with Crippen molar-refractivity contribution in [2.24, 2.45) is 16.7 Å². The molecule has 2 aromatic rings. The van der Waals surface area contributed by atoms with E-state index in [0.29, 0.717) is 5.69 Å². The van der Waals surface area contributed by atoms with Gasteiger partial charge in [-0.1, -0.05) is 33.8 Å². The summed E-state index contributed by atoms with van der Waals surface area (Å²) < 4.78 is 14.0. The number of nitrogens with one attached hydrogen (secondary N) is 1. The minimum absolute atomic E-state index is 0.0510. The number of benzene rings is 1. The first-order valence-electron chi connectivity index (χ1n) is 10.8. The Labute approximate surface area is 187 Å². The molecule has 1 aromatic carbocycles. The van der Waals surface area contributed by atoms with Crippen LogP contribution in [0.15, 0.2) is 23.6 Å². The van der Waals surface area contributed by atoms with Gasteiger partial charge in [0.15, 0.2) is 0 Å². The maximum atomic E-state index is 14.0. The molecule has 0 bridgehead atoms. The molecule has 5 nitrogen and oxygen atoms in total. The number of amides is 2. The molecule has 1 N–H and O–H groups in total.